The Balaban J connectivity index is 1.93. The number of carbonyl (C=O) groups excluding carboxylic acids is 1. The lowest BCUT2D eigenvalue weighted by Crippen LogP contribution is -2.33. The molecule has 0 aromatic heterocycles. The SMILES string of the molecule is COC(=O)[C@@H]1[C@H]2CC[C@@H](C2)C[C@@H]1c1ccccc1. The monoisotopic (exact) mass is 244 g/mol. The predicted molar refractivity (Wildman–Crippen MR) is 70.1 cm³/mol. The molecule has 0 N–H and O–H groups in total. The van der Waals surface area contributed by atoms with Gasteiger partial charge < -0.3 is 4.74 Å². The summed E-state index contributed by atoms with van der Waals surface area (Å²) in [4.78, 5) is 12.1. The number of rotatable bonds is 2. The standard InChI is InChI=1S/C16H20O2/c1-18-16(17)15-13-8-7-11(9-13)10-14(15)12-5-3-2-4-6-12/h2-6,11,13-15H,7-10H2,1H3/t11-,13-,14+,15+/m0/s1. The molecule has 2 aliphatic rings. The van der Waals surface area contributed by atoms with Crippen molar-refractivity contribution >= 4 is 5.97 Å². The Labute approximate surface area is 108 Å². The van der Waals surface area contributed by atoms with E-state index in [-0.39, 0.29) is 11.9 Å². The maximum atomic E-state index is 12.1. The molecular weight excluding hydrogens is 224 g/mol. The molecular formula is C16H20O2. The molecule has 2 bridgehead atoms. The van der Waals surface area contributed by atoms with E-state index in [2.05, 4.69) is 24.3 Å². The van der Waals surface area contributed by atoms with Crippen molar-refractivity contribution in [3.63, 3.8) is 0 Å². The lowest BCUT2D eigenvalue weighted by Gasteiger charge is -2.35. The maximum absolute atomic E-state index is 12.1. The number of carbonyl (C=O) groups is 1. The first-order chi connectivity index (χ1) is 8.79. The van der Waals surface area contributed by atoms with Crippen molar-refractivity contribution in [3.8, 4) is 0 Å². The van der Waals surface area contributed by atoms with Crippen molar-refractivity contribution in [1.82, 2.24) is 0 Å². The molecule has 3 rings (SSSR count). The summed E-state index contributed by atoms with van der Waals surface area (Å²) in [5, 5.41) is 0. The Kier molecular flexibility index (Phi) is 3.11. The highest BCUT2D eigenvalue weighted by atomic mass is 16.5. The van der Waals surface area contributed by atoms with Crippen LogP contribution < -0.4 is 0 Å². The van der Waals surface area contributed by atoms with E-state index in [1.165, 1.54) is 31.9 Å². The fraction of sp³-hybridized carbons (Fsp3) is 0.562. The van der Waals surface area contributed by atoms with E-state index in [9.17, 15) is 4.79 Å². The van der Waals surface area contributed by atoms with Crippen LogP contribution in [0.1, 0.15) is 37.2 Å². The summed E-state index contributed by atoms with van der Waals surface area (Å²) >= 11 is 0. The van der Waals surface area contributed by atoms with Crippen LogP contribution in [0, 0.1) is 17.8 Å². The number of hydrogen-bond acceptors (Lipinski definition) is 2. The Morgan fingerprint density at radius 3 is 2.67 bits per heavy atom. The van der Waals surface area contributed by atoms with Crippen LogP contribution in [0.4, 0.5) is 0 Å². The average Bonchev–Trinajstić information content (AvgIpc) is 2.80. The van der Waals surface area contributed by atoms with E-state index in [1.807, 2.05) is 6.07 Å². The lowest BCUT2D eigenvalue weighted by atomic mass is 9.69. The first-order valence-electron chi connectivity index (χ1n) is 6.92. The Bertz CT molecular complexity index is 426. The number of ether oxygens (including phenoxy) is 1. The van der Waals surface area contributed by atoms with Crippen molar-refractivity contribution in [2.75, 3.05) is 7.11 Å². The molecule has 96 valence electrons. The van der Waals surface area contributed by atoms with Crippen LogP contribution in [0.25, 0.3) is 0 Å². The first-order valence-corrected chi connectivity index (χ1v) is 6.92. The number of esters is 1. The third-order valence-corrected chi connectivity index (χ3v) is 4.81. The highest BCUT2D eigenvalue weighted by Gasteiger charge is 2.46. The molecule has 0 amide bonds. The van der Waals surface area contributed by atoms with Gasteiger partial charge in [-0.2, -0.15) is 0 Å². The summed E-state index contributed by atoms with van der Waals surface area (Å²) in [6, 6.07) is 10.5. The molecule has 2 heteroatoms. The third-order valence-electron chi connectivity index (χ3n) is 4.81. The zero-order valence-corrected chi connectivity index (χ0v) is 10.8. The lowest BCUT2D eigenvalue weighted by molar-refractivity contribution is -0.149. The summed E-state index contributed by atoms with van der Waals surface area (Å²) in [5.74, 6) is 1.80. The van der Waals surface area contributed by atoms with Crippen LogP contribution in [0.3, 0.4) is 0 Å². The minimum Gasteiger partial charge on any atom is -0.469 e. The van der Waals surface area contributed by atoms with E-state index in [0.717, 1.165) is 12.3 Å². The summed E-state index contributed by atoms with van der Waals surface area (Å²) < 4.78 is 5.05. The smallest absolute Gasteiger partial charge is 0.309 e. The molecule has 0 radical (unpaired) electrons. The quantitative estimate of drug-likeness (QED) is 0.745. The van der Waals surface area contributed by atoms with Gasteiger partial charge in [-0.25, -0.2) is 0 Å². The van der Waals surface area contributed by atoms with E-state index in [4.69, 9.17) is 4.74 Å². The van der Waals surface area contributed by atoms with Gasteiger partial charge >= 0.3 is 5.97 Å². The number of fused-ring (bicyclic) bond motifs is 2. The molecule has 2 aliphatic carbocycles. The van der Waals surface area contributed by atoms with Crippen LogP contribution in [0.5, 0.6) is 0 Å². The molecule has 1 aromatic carbocycles. The number of hydrogen-bond donors (Lipinski definition) is 0. The van der Waals surface area contributed by atoms with Gasteiger partial charge in [-0.3, -0.25) is 4.79 Å². The molecule has 0 unspecified atom stereocenters. The van der Waals surface area contributed by atoms with Gasteiger partial charge in [0, 0.05) is 0 Å². The molecule has 0 spiro atoms. The summed E-state index contributed by atoms with van der Waals surface area (Å²) in [7, 11) is 1.52. The predicted octanol–water partition coefficient (Wildman–Crippen LogP) is 3.38. The van der Waals surface area contributed by atoms with Crippen LogP contribution in [-0.2, 0) is 9.53 Å². The molecule has 0 aliphatic heterocycles. The molecule has 2 saturated carbocycles. The van der Waals surface area contributed by atoms with E-state index in [1.54, 1.807) is 0 Å². The van der Waals surface area contributed by atoms with Gasteiger partial charge in [0.15, 0.2) is 0 Å². The molecule has 0 saturated heterocycles. The van der Waals surface area contributed by atoms with E-state index < -0.39 is 0 Å². The third kappa shape index (κ3) is 1.94. The van der Waals surface area contributed by atoms with Crippen LogP contribution in [0.2, 0.25) is 0 Å². The van der Waals surface area contributed by atoms with E-state index in [0.29, 0.717) is 11.8 Å². The van der Waals surface area contributed by atoms with Crippen molar-refractivity contribution < 1.29 is 9.53 Å². The molecule has 18 heavy (non-hydrogen) atoms. The van der Waals surface area contributed by atoms with Crippen molar-refractivity contribution in [1.29, 1.82) is 0 Å². The Morgan fingerprint density at radius 2 is 1.94 bits per heavy atom. The zero-order valence-electron chi connectivity index (χ0n) is 10.8. The Hall–Kier alpha value is -1.31. The average molecular weight is 244 g/mol. The van der Waals surface area contributed by atoms with Gasteiger partial charge in [0.25, 0.3) is 0 Å². The highest BCUT2D eigenvalue weighted by Crippen LogP contribution is 2.52. The summed E-state index contributed by atoms with van der Waals surface area (Å²) in [6.07, 6.45) is 4.87. The first kappa shape index (κ1) is 11.8. The second-order valence-corrected chi connectivity index (χ2v) is 5.74. The molecule has 2 fully saturated rings. The minimum absolute atomic E-state index is 0.00537. The zero-order chi connectivity index (χ0) is 12.5. The van der Waals surface area contributed by atoms with Crippen molar-refractivity contribution in [2.24, 2.45) is 17.8 Å². The van der Waals surface area contributed by atoms with Gasteiger partial charge in [-0.05, 0) is 42.6 Å². The van der Waals surface area contributed by atoms with E-state index >= 15 is 0 Å². The fourth-order valence-electron chi connectivity index (χ4n) is 4.02. The summed E-state index contributed by atoms with van der Waals surface area (Å²) in [6.45, 7) is 0. The van der Waals surface area contributed by atoms with Gasteiger partial charge in [-0.1, -0.05) is 36.8 Å². The van der Waals surface area contributed by atoms with Gasteiger partial charge in [0.05, 0.1) is 13.0 Å². The maximum Gasteiger partial charge on any atom is 0.309 e. The molecule has 0 heterocycles. The molecule has 1 aromatic rings. The van der Waals surface area contributed by atoms with Crippen LogP contribution >= 0.6 is 0 Å². The topological polar surface area (TPSA) is 26.3 Å². The highest BCUT2D eigenvalue weighted by molar-refractivity contribution is 5.74. The second-order valence-electron chi connectivity index (χ2n) is 5.74. The summed E-state index contributed by atoms with van der Waals surface area (Å²) in [5.41, 5.74) is 1.31. The van der Waals surface area contributed by atoms with Crippen LogP contribution in [-0.4, -0.2) is 13.1 Å². The van der Waals surface area contributed by atoms with Gasteiger partial charge in [0.1, 0.15) is 0 Å². The molecule has 4 atom stereocenters. The van der Waals surface area contributed by atoms with Gasteiger partial charge in [0.2, 0.25) is 0 Å². The normalized spacial score (nSPS) is 34.3. The van der Waals surface area contributed by atoms with Crippen LogP contribution in [0.15, 0.2) is 30.3 Å². The largest absolute Gasteiger partial charge is 0.469 e. The Morgan fingerprint density at radius 1 is 1.17 bits per heavy atom. The number of methoxy groups -OCH3 is 1. The second kappa shape index (κ2) is 4.75. The van der Waals surface area contributed by atoms with Gasteiger partial charge in [-0.15, -0.1) is 0 Å². The fourth-order valence-corrected chi connectivity index (χ4v) is 4.02. The van der Waals surface area contributed by atoms with Crippen molar-refractivity contribution in [3.05, 3.63) is 35.9 Å². The number of benzene rings is 1. The minimum atomic E-state index is -0.00537. The van der Waals surface area contributed by atoms with Crippen molar-refractivity contribution in [2.45, 2.75) is 31.6 Å². The molecule has 2 nitrogen and oxygen atoms in total.